The van der Waals surface area contributed by atoms with E-state index >= 15 is 0 Å². The summed E-state index contributed by atoms with van der Waals surface area (Å²) in [6, 6.07) is 13.1. The molecule has 0 heterocycles. The van der Waals surface area contributed by atoms with Gasteiger partial charge < -0.3 is 5.32 Å². The second-order valence-corrected chi connectivity index (χ2v) is 7.92. The van der Waals surface area contributed by atoms with Crippen LogP contribution in [0.3, 0.4) is 0 Å². The van der Waals surface area contributed by atoms with Crippen LogP contribution in [0.2, 0.25) is 0 Å². The zero-order valence-electron chi connectivity index (χ0n) is 14.3. The fourth-order valence-corrected chi connectivity index (χ4v) is 3.08. The number of nitrogens with zero attached hydrogens (tertiary/aromatic N) is 1. The summed E-state index contributed by atoms with van der Waals surface area (Å²) >= 11 is 0. The Morgan fingerprint density at radius 3 is 2.12 bits per heavy atom. The third-order valence-electron chi connectivity index (χ3n) is 3.98. The SMILES string of the molecule is C[C@H](NC(=O)[C@@H](c1ccccc1)N(C)S(C)(=O)=O)c1ccc(F)cc1. The largest absolute Gasteiger partial charge is 0.348 e. The summed E-state index contributed by atoms with van der Waals surface area (Å²) < 4.78 is 38.0. The average Bonchev–Trinajstić information content (AvgIpc) is 2.55. The maximum atomic E-state index is 13.0. The van der Waals surface area contributed by atoms with Crippen LogP contribution < -0.4 is 5.32 Å². The minimum atomic E-state index is -3.58. The van der Waals surface area contributed by atoms with Gasteiger partial charge in [0.15, 0.2) is 0 Å². The van der Waals surface area contributed by atoms with Gasteiger partial charge in [-0.2, -0.15) is 4.31 Å². The molecule has 0 bridgehead atoms. The van der Waals surface area contributed by atoms with Crippen LogP contribution in [0.4, 0.5) is 4.39 Å². The highest BCUT2D eigenvalue weighted by molar-refractivity contribution is 7.88. The Morgan fingerprint density at radius 2 is 1.60 bits per heavy atom. The summed E-state index contributed by atoms with van der Waals surface area (Å²) in [5, 5.41) is 2.80. The van der Waals surface area contributed by atoms with E-state index in [0.717, 1.165) is 16.1 Å². The number of hydrogen-bond acceptors (Lipinski definition) is 3. The summed E-state index contributed by atoms with van der Waals surface area (Å²) in [7, 11) is -2.21. The van der Waals surface area contributed by atoms with Crippen LogP contribution in [0, 0.1) is 5.82 Å². The van der Waals surface area contributed by atoms with Gasteiger partial charge in [0, 0.05) is 7.05 Å². The first-order valence-corrected chi connectivity index (χ1v) is 9.59. The molecule has 0 radical (unpaired) electrons. The number of rotatable bonds is 6. The lowest BCUT2D eigenvalue weighted by atomic mass is 10.0. The van der Waals surface area contributed by atoms with Crippen LogP contribution in [-0.2, 0) is 14.8 Å². The molecule has 0 saturated carbocycles. The fourth-order valence-electron chi connectivity index (χ4n) is 2.48. The molecule has 2 aromatic carbocycles. The molecule has 7 heteroatoms. The van der Waals surface area contributed by atoms with Gasteiger partial charge in [-0.1, -0.05) is 42.5 Å². The Morgan fingerprint density at radius 1 is 1.04 bits per heavy atom. The molecule has 0 spiro atoms. The first kappa shape index (κ1) is 19.1. The minimum Gasteiger partial charge on any atom is -0.348 e. The molecule has 0 fully saturated rings. The average molecular weight is 364 g/mol. The molecule has 2 rings (SSSR count). The quantitative estimate of drug-likeness (QED) is 0.857. The molecule has 5 nitrogen and oxygen atoms in total. The van der Waals surface area contributed by atoms with E-state index < -0.39 is 28.0 Å². The van der Waals surface area contributed by atoms with Crippen molar-refractivity contribution < 1.29 is 17.6 Å². The number of carbonyl (C=O) groups excluding carboxylic acids is 1. The van der Waals surface area contributed by atoms with Crippen LogP contribution in [0.5, 0.6) is 0 Å². The molecule has 0 aromatic heterocycles. The topological polar surface area (TPSA) is 66.5 Å². The second-order valence-electron chi connectivity index (χ2n) is 5.87. The van der Waals surface area contributed by atoms with Gasteiger partial charge in [0.1, 0.15) is 11.9 Å². The van der Waals surface area contributed by atoms with E-state index in [1.807, 2.05) is 0 Å². The molecule has 0 saturated heterocycles. The van der Waals surface area contributed by atoms with Gasteiger partial charge in [-0.3, -0.25) is 4.79 Å². The normalized spacial score (nSPS) is 14.1. The Kier molecular flexibility index (Phi) is 5.92. The van der Waals surface area contributed by atoms with Gasteiger partial charge >= 0.3 is 0 Å². The van der Waals surface area contributed by atoms with Gasteiger partial charge in [0.2, 0.25) is 15.9 Å². The molecule has 0 aliphatic rings. The number of carbonyl (C=O) groups is 1. The summed E-state index contributed by atoms with van der Waals surface area (Å²) in [6.45, 7) is 1.76. The number of hydrogen-bond donors (Lipinski definition) is 1. The van der Waals surface area contributed by atoms with E-state index in [2.05, 4.69) is 5.32 Å². The predicted octanol–water partition coefficient (Wildman–Crippen LogP) is 2.64. The van der Waals surface area contributed by atoms with Crippen molar-refractivity contribution in [3.05, 3.63) is 71.5 Å². The zero-order valence-corrected chi connectivity index (χ0v) is 15.1. The number of nitrogens with one attached hydrogen (secondary N) is 1. The monoisotopic (exact) mass is 364 g/mol. The van der Waals surface area contributed by atoms with E-state index in [9.17, 15) is 17.6 Å². The Balaban J connectivity index is 2.28. The van der Waals surface area contributed by atoms with Crippen LogP contribution in [0.15, 0.2) is 54.6 Å². The first-order valence-electron chi connectivity index (χ1n) is 7.74. The smallest absolute Gasteiger partial charge is 0.243 e. The molecule has 0 unspecified atom stereocenters. The fraction of sp³-hybridized carbons (Fsp3) is 0.278. The molecule has 134 valence electrons. The summed E-state index contributed by atoms with van der Waals surface area (Å²) in [5.41, 5.74) is 1.29. The third-order valence-corrected chi connectivity index (χ3v) is 5.24. The first-order chi connectivity index (χ1) is 11.7. The van der Waals surface area contributed by atoms with Gasteiger partial charge in [-0.25, -0.2) is 12.8 Å². The molecular formula is C18H21FN2O3S. The van der Waals surface area contributed by atoms with Crippen molar-refractivity contribution in [2.75, 3.05) is 13.3 Å². The number of benzene rings is 2. The van der Waals surface area contributed by atoms with Gasteiger partial charge in [-0.05, 0) is 30.2 Å². The lowest BCUT2D eigenvalue weighted by Crippen LogP contribution is -2.42. The van der Waals surface area contributed by atoms with E-state index in [4.69, 9.17) is 0 Å². The maximum absolute atomic E-state index is 13.0. The van der Waals surface area contributed by atoms with E-state index in [1.54, 1.807) is 49.4 Å². The minimum absolute atomic E-state index is 0.360. The van der Waals surface area contributed by atoms with Crippen molar-refractivity contribution in [3.63, 3.8) is 0 Å². The Bertz CT molecular complexity index is 823. The molecule has 25 heavy (non-hydrogen) atoms. The lowest BCUT2D eigenvalue weighted by molar-refractivity contribution is -0.125. The molecular weight excluding hydrogens is 343 g/mol. The van der Waals surface area contributed by atoms with Gasteiger partial charge in [0.05, 0.1) is 12.3 Å². The van der Waals surface area contributed by atoms with Crippen LogP contribution in [-0.4, -0.2) is 31.9 Å². The van der Waals surface area contributed by atoms with E-state index in [1.165, 1.54) is 19.2 Å². The van der Waals surface area contributed by atoms with Crippen molar-refractivity contribution in [1.29, 1.82) is 0 Å². The lowest BCUT2D eigenvalue weighted by Gasteiger charge is -2.27. The van der Waals surface area contributed by atoms with Crippen LogP contribution in [0.25, 0.3) is 0 Å². The van der Waals surface area contributed by atoms with Gasteiger partial charge in [-0.15, -0.1) is 0 Å². The van der Waals surface area contributed by atoms with Crippen LogP contribution >= 0.6 is 0 Å². The molecule has 0 aliphatic carbocycles. The summed E-state index contributed by atoms with van der Waals surface area (Å²) in [4.78, 5) is 12.8. The number of likely N-dealkylation sites (N-methyl/N-ethyl adjacent to an activating group) is 1. The van der Waals surface area contributed by atoms with Crippen molar-refractivity contribution in [2.45, 2.75) is 19.0 Å². The number of halogens is 1. The van der Waals surface area contributed by atoms with Crippen molar-refractivity contribution in [1.82, 2.24) is 9.62 Å². The predicted molar refractivity (Wildman–Crippen MR) is 94.7 cm³/mol. The van der Waals surface area contributed by atoms with Crippen LogP contribution in [0.1, 0.15) is 30.1 Å². The maximum Gasteiger partial charge on any atom is 0.243 e. The summed E-state index contributed by atoms with van der Waals surface area (Å²) in [6.07, 6.45) is 1.06. The standard InChI is InChI=1S/C18H21FN2O3S/c1-13(14-9-11-16(19)12-10-14)20-18(22)17(21(2)25(3,23)24)15-7-5-4-6-8-15/h4-13,17H,1-3H3,(H,20,22)/t13-,17+/m0/s1. The highest BCUT2D eigenvalue weighted by atomic mass is 32.2. The third kappa shape index (κ3) is 4.87. The van der Waals surface area contributed by atoms with E-state index in [-0.39, 0.29) is 5.82 Å². The highest BCUT2D eigenvalue weighted by Crippen LogP contribution is 2.23. The summed E-state index contributed by atoms with van der Waals surface area (Å²) in [5.74, 6) is -0.808. The molecule has 2 aromatic rings. The Labute approximate surface area is 147 Å². The van der Waals surface area contributed by atoms with Crippen molar-refractivity contribution in [2.24, 2.45) is 0 Å². The number of sulfonamides is 1. The van der Waals surface area contributed by atoms with Gasteiger partial charge in [0.25, 0.3) is 0 Å². The molecule has 1 amide bonds. The van der Waals surface area contributed by atoms with Crippen molar-refractivity contribution in [3.8, 4) is 0 Å². The molecule has 1 N–H and O–H groups in total. The van der Waals surface area contributed by atoms with Crippen molar-refractivity contribution >= 4 is 15.9 Å². The zero-order chi connectivity index (χ0) is 18.6. The molecule has 2 atom stereocenters. The Hall–Kier alpha value is -2.25. The molecule has 0 aliphatic heterocycles. The van der Waals surface area contributed by atoms with E-state index in [0.29, 0.717) is 5.56 Å². The second kappa shape index (κ2) is 7.76. The highest BCUT2D eigenvalue weighted by Gasteiger charge is 2.31. The number of amides is 1.